The van der Waals surface area contributed by atoms with E-state index in [-0.39, 0.29) is 5.91 Å². The zero-order valence-corrected chi connectivity index (χ0v) is 11.0. The molecule has 0 unspecified atom stereocenters. The molecular formula is C13H14N6O. The third kappa shape index (κ3) is 2.25. The van der Waals surface area contributed by atoms with Crippen LogP contribution in [0.15, 0.2) is 30.6 Å². The zero-order valence-electron chi connectivity index (χ0n) is 11.0. The van der Waals surface area contributed by atoms with E-state index in [0.29, 0.717) is 18.5 Å². The highest BCUT2D eigenvalue weighted by molar-refractivity contribution is 5.94. The third-order valence-corrected chi connectivity index (χ3v) is 3.09. The maximum absolute atomic E-state index is 11.9. The number of H-pyrrole nitrogens is 1. The first kappa shape index (κ1) is 12.3. The summed E-state index contributed by atoms with van der Waals surface area (Å²) >= 11 is 0. The van der Waals surface area contributed by atoms with Gasteiger partial charge >= 0.3 is 0 Å². The number of rotatable bonds is 4. The van der Waals surface area contributed by atoms with Crippen LogP contribution in [0.2, 0.25) is 0 Å². The van der Waals surface area contributed by atoms with E-state index >= 15 is 0 Å². The number of carbonyl (C=O) groups is 1. The Morgan fingerprint density at radius 1 is 1.40 bits per heavy atom. The fraction of sp³-hybridized carbons (Fsp3) is 0.231. The number of carbonyl (C=O) groups excluding carboxylic acids is 1. The van der Waals surface area contributed by atoms with Crippen LogP contribution in [0.3, 0.4) is 0 Å². The Morgan fingerprint density at radius 2 is 2.30 bits per heavy atom. The average Bonchev–Trinajstić information content (AvgIpc) is 3.05. The molecule has 1 amide bonds. The topological polar surface area (TPSA) is 88.0 Å². The molecule has 0 spiro atoms. The third-order valence-electron chi connectivity index (χ3n) is 3.09. The van der Waals surface area contributed by atoms with Gasteiger partial charge in [-0.15, -0.1) is 10.2 Å². The Hall–Kier alpha value is -2.70. The van der Waals surface area contributed by atoms with E-state index in [0.717, 1.165) is 17.2 Å². The molecule has 3 heterocycles. The zero-order chi connectivity index (χ0) is 13.9. The average molecular weight is 270 g/mol. The molecular weight excluding hydrogens is 256 g/mol. The lowest BCUT2D eigenvalue weighted by molar-refractivity contribution is 0.0953. The second-order valence-corrected chi connectivity index (χ2v) is 4.46. The molecule has 0 bridgehead atoms. The highest BCUT2D eigenvalue weighted by atomic mass is 16.1. The van der Waals surface area contributed by atoms with E-state index in [1.807, 2.05) is 35.7 Å². The molecule has 0 saturated heterocycles. The summed E-state index contributed by atoms with van der Waals surface area (Å²) in [4.78, 5) is 11.9. The summed E-state index contributed by atoms with van der Waals surface area (Å²) < 4.78 is 1.91. The summed E-state index contributed by atoms with van der Waals surface area (Å²) in [5.74, 6) is 0.690. The highest BCUT2D eigenvalue weighted by Crippen LogP contribution is 2.04. The fourth-order valence-corrected chi connectivity index (χ4v) is 2.02. The molecule has 20 heavy (non-hydrogen) atoms. The standard InChI is InChI=1S/C13H14N6O/c1-9-10(8-15-16-9)13(20)14-6-5-12-18-17-11-4-2-3-7-19(11)12/h2-4,7-8H,5-6H2,1H3,(H,14,20)(H,15,16). The van der Waals surface area contributed by atoms with Crippen LogP contribution in [-0.2, 0) is 6.42 Å². The number of amides is 1. The second kappa shape index (κ2) is 5.12. The summed E-state index contributed by atoms with van der Waals surface area (Å²) in [5.41, 5.74) is 2.13. The molecule has 0 aliphatic heterocycles. The van der Waals surface area contributed by atoms with Gasteiger partial charge in [-0.1, -0.05) is 6.07 Å². The number of nitrogens with one attached hydrogen (secondary N) is 2. The molecule has 7 nitrogen and oxygen atoms in total. The van der Waals surface area contributed by atoms with Gasteiger partial charge in [-0.05, 0) is 19.1 Å². The number of pyridine rings is 1. The predicted molar refractivity (Wildman–Crippen MR) is 72.3 cm³/mol. The van der Waals surface area contributed by atoms with Crippen LogP contribution in [0.1, 0.15) is 21.9 Å². The van der Waals surface area contributed by atoms with Gasteiger partial charge in [0.25, 0.3) is 5.91 Å². The van der Waals surface area contributed by atoms with Gasteiger partial charge in [0.2, 0.25) is 0 Å². The second-order valence-electron chi connectivity index (χ2n) is 4.46. The first-order valence-corrected chi connectivity index (χ1v) is 6.32. The summed E-state index contributed by atoms with van der Waals surface area (Å²) in [6.07, 6.45) is 4.05. The quantitative estimate of drug-likeness (QED) is 0.731. The number of hydrogen-bond donors (Lipinski definition) is 2. The SMILES string of the molecule is Cc1[nH]ncc1C(=O)NCCc1nnc2ccccn12. The lowest BCUT2D eigenvalue weighted by Crippen LogP contribution is -2.26. The Morgan fingerprint density at radius 3 is 3.10 bits per heavy atom. The molecule has 7 heteroatoms. The van der Waals surface area contributed by atoms with E-state index in [1.54, 1.807) is 0 Å². The van der Waals surface area contributed by atoms with Gasteiger partial charge in [-0.2, -0.15) is 5.10 Å². The Balaban J connectivity index is 1.63. The van der Waals surface area contributed by atoms with Crippen LogP contribution >= 0.6 is 0 Å². The van der Waals surface area contributed by atoms with Gasteiger partial charge in [0.15, 0.2) is 5.65 Å². The number of nitrogens with zero attached hydrogens (tertiary/aromatic N) is 4. The first-order chi connectivity index (χ1) is 9.75. The number of aromatic amines is 1. The lowest BCUT2D eigenvalue weighted by Gasteiger charge is -2.03. The number of hydrogen-bond acceptors (Lipinski definition) is 4. The van der Waals surface area contributed by atoms with Crippen molar-refractivity contribution in [1.82, 2.24) is 30.1 Å². The minimum atomic E-state index is -0.134. The molecule has 0 aromatic carbocycles. The molecule has 0 fully saturated rings. The number of fused-ring (bicyclic) bond motifs is 1. The maximum Gasteiger partial charge on any atom is 0.254 e. The van der Waals surface area contributed by atoms with E-state index in [4.69, 9.17) is 0 Å². The van der Waals surface area contributed by atoms with E-state index < -0.39 is 0 Å². The summed E-state index contributed by atoms with van der Waals surface area (Å²) in [6.45, 7) is 2.31. The highest BCUT2D eigenvalue weighted by Gasteiger charge is 2.10. The van der Waals surface area contributed by atoms with Crippen LogP contribution in [0.5, 0.6) is 0 Å². The van der Waals surface area contributed by atoms with Crippen molar-refractivity contribution in [1.29, 1.82) is 0 Å². The van der Waals surface area contributed by atoms with Crippen molar-refractivity contribution < 1.29 is 4.79 Å². The van der Waals surface area contributed by atoms with Gasteiger partial charge in [0, 0.05) is 24.9 Å². The smallest absolute Gasteiger partial charge is 0.254 e. The van der Waals surface area contributed by atoms with Gasteiger partial charge in [-0.25, -0.2) is 0 Å². The minimum Gasteiger partial charge on any atom is -0.351 e. The maximum atomic E-state index is 11.9. The van der Waals surface area contributed by atoms with E-state index in [1.165, 1.54) is 6.20 Å². The molecule has 0 aliphatic rings. The van der Waals surface area contributed by atoms with Gasteiger partial charge in [-0.3, -0.25) is 14.3 Å². The van der Waals surface area contributed by atoms with Crippen LogP contribution < -0.4 is 5.32 Å². The summed E-state index contributed by atoms with van der Waals surface area (Å²) in [6, 6.07) is 5.73. The van der Waals surface area contributed by atoms with Crippen molar-refractivity contribution in [3.05, 3.63) is 47.7 Å². The molecule has 0 radical (unpaired) electrons. The Bertz CT molecular complexity index is 744. The van der Waals surface area contributed by atoms with Crippen molar-refractivity contribution in [3.8, 4) is 0 Å². The molecule has 0 aliphatic carbocycles. The largest absolute Gasteiger partial charge is 0.351 e. The Labute approximate surface area is 115 Å². The predicted octanol–water partition coefficient (Wildman–Crippen LogP) is 0.733. The first-order valence-electron chi connectivity index (χ1n) is 6.32. The lowest BCUT2D eigenvalue weighted by atomic mass is 10.2. The van der Waals surface area contributed by atoms with Crippen LogP contribution in [0.4, 0.5) is 0 Å². The summed E-state index contributed by atoms with van der Waals surface area (Å²) in [5, 5.41) is 17.6. The van der Waals surface area contributed by atoms with E-state index in [9.17, 15) is 4.79 Å². The Kier molecular flexibility index (Phi) is 3.16. The molecule has 3 aromatic heterocycles. The molecule has 3 rings (SSSR count). The summed E-state index contributed by atoms with van der Waals surface area (Å²) in [7, 11) is 0. The van der Waals surface area contributed by atoms with Crippen LogP contribution in [0.25, 0.3) is 5.65 Å². The normalized spacial score (nSPS) is 10.8. The van der Waals surface area contributed by atoms with Crippen molar-refractivity contribution in [2.45, 2.75) is 13.3 Å². The number of aromatic nitrogens is 5. The molecule has 0 atom stereocenters. The molecule has 3 aromatic rings. The van der Waals surface area contributed by atoms with Crippen molar-refractivity contribution >= 4 is 11.6 Å². The van der Waals surface area contributed by atoms with Crippen molar-refractivity contribution in [2.24, 2.45) is 0 Å². The van der Waals surface area contributed by atoms with Crippen LogP contribution in [0, 0.1) is 6.92 Å². The van der Waals surface area contributed by atoms with Crippen molar-refractivity contribution in [3.63, 3.8) is 0 Å². The molecule has 2 N–H and O–H groups in total. The van der Waals surface area contributed by atoms with Crippen LogP contribution in [-0.4, -0.2) is 37.2 Å². The number of aryl methyl sites for hydroxylation is 1. The van der Waals surface area contributed by atoms with Gasteiger partial charge in [0.1, 0.15) is 5.82 Å². The fourth-order valence-electron chi connectivity index (χ4n) is 2.02. The minimum absolute atomic E-state index is 0.134. The monoisotopic (exact) mass is 270 g/mol. The van der Waals surface area contributed by atoms with Gasteiger partial charge in [0.05, 0.1) is 11.8 Å². The van der Waals surface area contributed by atoms with E-state index in [2.05, 4.69) is 25.7 Å². The molecule has 0 saturated carbocycles. The van der Waals surface area contributed by atoms with Crippen molar-refractivity contribution in [2.75, 3.05) is 6.54 Å². The van der Waals surface area contributed by atoms with Gasteiger partial charge < -0.3 is 5.32 Å². The molecule has 102 valence electrons.